The van der Waals surface area contributed by atoms with Crippen LogP contribution in [0.15, 0.2) is 24.3 Å². The van der Waals surface area contributed by atoms with Crippen LogP contribution in [0, 0.1) is 5.92 Å². The summed E-state index contributed by atoms with van der Waals surface area (Å²) in [5.41, 5.74) is 1.06. The molecule has 0 heterocycles. The Balaban J connectivity index is 1.79. The molecule has 0 aromatic heterocycles. The highest BCUT2D eigenvalue weighted by Crippen LogP contribution is 2.25. The molecule has 2 N–H and O–H groups in total. The normalized spacial score (nSPS) is 14.4. The van der Waals surface area contributed by atoms with E-state index in [1.807, 2.05) is 0 Å². The summed E-state index contributed by atoms with van der Waals surface area (Å²) < 4.78 is 5.02. The number of hydrogen-bond acceptors (Lipinski definition) is 4. The second-order valence-corrected chi connectivity index (χ2v) is 5.29. The van der Waals surface area contributed by atoms with E-state index in [0.717, 1.165) is 25.7 Å². The van der Waals surface area contributed by atoms with E-state index >= 15 is 0 Å². The highest BCUT2D eigenvalue weighted by atomic mass is 16.5. The fraction of sp³-hybridized carbons (Fsp3) is 0.438. The molecule has 1 aliphatic rings. The zero-order valence-corrected chi connectivity index (χ0v) is 12.6. The van der Waals surface area contributed by atoms with Gasteiger partial charge in [-0.05, 0) is 37.1 Å². The highest BCUT2D eigenvalue weighted by molar-refractivity contribution is 5.96. The van der Waals surface area contributed by atoms with Gasteiger partial charge in [-0.3, -0.25) is 14.4 Å². The van der Waals surface area contributed by atoms with Gasteiger partial charge in [0.2, 0.25) is 0 Å². The molecule has 0 saturated heterocycles. The Hall–Kier alpha value is -2.37. The van der Waals surface area contributed by atoms with Gasteiger partial charge in [0.1, 0.15) is 0 Å². The van der Waals surface area contributed by atoms with Gasteiger partial charge in [0.05, 0.1) is 5.92 Å². The van der Waals surface area contributed by atoms with E-state index in [1.54, 1.807) is 31.3 Å². The average molecular weight is 304 g/mol. The minimum absolute atomic E-state index is 0.0559. The number of rotatable bonds is 5. The largest absolute Gasteiger partial charge is 0.455 e. The van der Waals surface area contributed by atoms with Crippen molar-refractivity contribution in [1.29, 1.82) is 0 Å². The number of nitrogens with one attached hydrogen (secondary N) is 2. The quantitative estimate of drug-likeness (QED) is 0.811. The lowest BCUT2D eigenvalue weighted by molar-refractivity contribution is -0.151. The lowest BCUT2D eigenvalue weighted by Crippen LogP contribution is -2.24. The predicted octanol–water partition coefficient (Wildman–Crippen LogP) is 1.72. The van der Waals surface area contributed by atoms with Crippen LogP contribution in [-0.4, -0.2) is 31.4 Å². The molecular weight excluding hydrogens is 284 g/mol. The molecule has 1 fully saturated rings. The Morgan fingerprint density at radius 3 is 2.36 bits per heavy atom. The van der Waals surface area contributed by atoms with Crippen molar-refractivity contribution < 1.29 is 19.1 Å². The van der Waals surface area contributed by atoms with Gasteiger partial charge >= 0.3 is 5.97 Å². The van der Waals surface area contributed by atoms with Crippen molar-refractivity contribution in [2.45, 2.75) is 25.7 Å². The van der Waals surface area contributed by atoms with E-state index in [-0.39, 0.29) is 30.3 Å². The summed E-state index contributed by atoms with van der Waals surface area (Å²) >= 11 is 0. The van der Waals surface area contributed by atoms with Crippen LogP contribution in [-0.2, 0) is 14.3 Å². The number of ether oxygens (including phenoxy) is 1. The molecule has 0 bridgehead atoms. The van der Waals surface area contributed by atoms with Gasteiger partial charge in [-0.2, -0.15) is 0 Å². The molecule has 0 aliphatic heterocycles. The molecule has 1 saturated carbocycles. The van der Waals surface area contributed by atoms with Crippen molar-refractivity contribution in [3.8, 4) is 0 Å². The number of anilines is 1. The van der Waals surface area contributed by atoms with E-state index < -0.39 is 0 Å². The fourth-order valence-corrected chi connectivity index (χ4v) is 2.46. The lowest BCUT2D eigenvalue weighted by atomic mass is 10.1. The summed E-state index contributed by atoms with van der Waals surface area (Å²) in [5, 5.41) is 5.14. The van der Waals surface area contributed by atoms with Gasteiger partial charge in [-0.15, -0.1) is 0 Å². The summed E-state index contributed by atoms with van der Waals surface area (Å²) in [4.78, 5) is 34.8. The molecule has 0 unspecified atom stereocenters. The molecule has 22 heavy (non-hydrogen) atoms. The monoisotopic (exact) mass is 304 g/mol. The molecule has 1 aromatic rings. The Morgan fingerprint density at radius 1 is 1.14 bits per heavy atom. The molecule has 2 rings (SSSR count). The third-order valence-corrected chi connectivity index (χ3v) is 3.69. The molecule has 6 heteroatoms. The van der Waals surface area contributed by atoms with Crippen LogP contribution >= 0.6 is 0 Å². The van der Waals surface area contributed by atoms with Crippen LogP contribution in [0.1, 0.15) is 36.0 Å². The minimum Gasteiger partial charge on any atom is -0.455 e. The van der Waals surface area contributed by atoms with Crippen LogP contribution < -0.4 is 10.6 Å². The second-order valence-electron chi connectivity index (χ2n) is 5.29. The number of hydrogen-bond donors (Lipinski definition) is 2. The van der Waals surface area contributed by atoms with Crippen LogP contribution in [0.2, 0.25) is 0 Å². The van der Waals surface area contributed by atoms with E-state index in [1.165, 1.54) is 0 Å². The highest BCUT2D eigenvalue weighted by Gasteiger charge is 2.24. The average Bonchev–Trinajstić information content (AvgIpc) is 3.07. The number of carbonyl (C=O) groups excluding carboxylic acids is 3. The van der Waals surface area contributed by atoms with Gasteiger partial charge in [0.25, 0.3) is 11.8 Å². The van der Waals surface area contributed by atoms with Crippen LogP contribution in [0.3, 0.4) is 0 Å². The Morgan fingerprint density at radius 2 is 1.77 bits per heavy atom. The molecular formula is C16H20N2O4. The van der Waals surface area contributed by atoms with E-state index in [4.69, 9.17) is 4.74 Å². The van der Waals surface area contributed by atoms with Crippen molar-refractivity contribution in [1.82, 2.24) is 5.32 Å². The lowest BCUT2D eigenvalue weighted by Gasteiger charge is -2.10. The maximum Gasteiger partial charge on any atom is 0.309 e. The molecule has 0 spiro atoms. The Kier molecular flexibility index (Phi) is 5.52. The molecule has 2 amide bonds. The molecule has 6 nitrogen and oxygen atoms in total. The van der Waals surface area contributed by atoms with Gasteiger partial charge in [0, 0.05) is 18.3 Å². The van der Waals surface area contributed by atoms with Crippen LogP contribution in [0.25, 0.3) is 0 Å². The molecule has 0 radical (unpaired) electrons. The second kappa shape index (κ2) is 7.59. The van der Waals surface area contributed by atoms with E-state index in [2.05, 4.69) is 10.6 Å². The Labute approximate surface area is 129 Å². The standard InChI is InChI=1S/C16H20N2O4/c1-17-15(20)11-6-8-13(9-7-11)18-14(19)10-22-16(21)12-4-2-3-5-12/h6-9,12H,2-5,10H2,1H3,(H,17,20)(H,18,19). The summed E-state index contributed by atoms with van der Waals surface area (Å²) in [6.45, 7) is -0.285. The van der Waals surface area contributed by atoms with Crippen LogP contribution in [0.4, 0.5) is 5.69 Å². The number of carbonyl (C=O) groups is 3. The molecule has 1 aliphatic carbocycles. The van der Waals surface area contributed by atoms with Gasteiger partial charge < -0.3 is 15.4 Å². The number of benzene rings is 1. The minimum atomic E-state index is -0.390. The molecule has 1 aromatic carbocycles. The van der Waals surface area contributed by atoms with Crippen molar-refractivity contribution in [2.24, 2.45) is 5.92 Å². The van der Waals surface area contributed by atoms with Crippen molar-refractivity contribution in [2.75, 3.05) is 19.0 Å². The van der Waals surface area contributed by atoms with Crippen LogP contribution in [0.5, 0.6) is 0 Å². The summed E-state index contributed by atoms with van der Waals surface area (Å²) in [7, 11) is 1.55. The third kappa shape index (κ3) is 4.31. The first-order valence-electron chi connectivity index (χ1n) is 7.39. The first kappa shape index (κ1) is 16.0. The SMILES string of the molecule is CNC(=O)c1ccc(NC(=O)COC(=O)C2CCCC2)cc1. The Bertz CT molecular complexity index is 548. The van der Waals surface area contributed by atoms with Gasteiger partial charge in [-0.1, -0.05) is 12.8 Å². The summed E-state index contributed by atoms with van der Waals surface area (Å²) in [6, 6.07) is 6.47. The third-order valence-electron chi connectivity index (χ3n) is 3.69. The van der Waals surface area contributed by atoms with Gasteiger partial charge in [-0.25, -0.2) is 0 Å². The van der Waals surface area contributed by atoms with Gasteiger partial charge in [0.15, 0.2) is 6.61 Å². The maximum absolute atomic E-state index is 11.7. The number of esters is 1. The van der Waals surface area contributed by atoms with Crippen molar-refractivity contribution >= 4 is 23.5 Å². The topological polar surface area (TPSA) is 84.5 Å². The first-order chi connectivity index (χ1) is 10.6. The fourth-order valence-electron chi connectivity index (χ4n) is 2.46. The predicted molar refractivity (Wildman–Crippen MR) is 81.4 cm³/mol. The zero-order valence-electron chi connectivity index (χ0n) is 12.6. The summed E-state index contributed by atoms with van der Waals surface area (Å²) in [6.07, 6.45) is 3.79. The zero-order chi connectivity index (χ0) is 15.9. The molecule has 118 valence electrons. The summed E-state index contributed by atoms with van der Waals surface area (Å²) in [5.74, 6) is -0.926. The number of amides is 2. The van der Waals surface area contributed by atoms with E-state index in [9.17, 15) is 14.4 Å². The smallest absolute Gasteiger partial charge is 0.309 e. The first-order valence-corrected chi connectivity index (χ1v) is 7.39. The van der Waals surface area contributed by atoms with E-state index in [0.29, 0.717) is 11.3 Å². The maximum atomic E-state index is 11.7. The molecule has 0 atom stereocenters. The van der Waals surface area contributed by atoms with Crippen molar-refractivity contribution in [3.63, 3.8) is 0 Å². The van der Waals surface area contributed by atoms with Crippen molar-refractivity contribution in [3.05, 3.63) is 29.8 Å².